The number of benzene rings is 2. The van der Waals surface area contributed by atoms with Crippen molar-refractivity contribution >= 4 is 23.4 Å². The van der Waals surface area contributed by atoms with Crippen molar-refractivity contribution in [1.29, 1.82) is 0 Å². The van der Waals surface area contributed by atoms with Crippen LogP contribution in [0, 0.1) is 0 Å². The molecule has 8 nitrogen and oxygen atoms in total. The Labute approximate surface area is 212 Å². The van der Waals surface area contributed by atoms with Crippen LogP contribution < -0.4 is 15.4 Å². The maximum Gasteiger partial charge on any atom is 0.257 e. The lowest BCUT2D eigenvalue weighted by Crippen LogP contribution is -2.54. The van der Waals surface area contributed by atoms with Crippen LogP contribution in [0.3, 0.4) is 0 Å². The minimum absolute atomic E-state index is 0.0337. The Balaban J connectivity index is 1.34. The molecule has 2 aliphatic rings. The molecule has 2 heterocycles. The van der Waals surface area contributed by atoms with Crippen molar-refractivity contribution in [3.05, 3.63) is 59.7 Å². The number of nitrogens with zero attached hydrogens (tertiary/aromatic N) is 1. The van der Waals surface area contributed by atoms with Crippen molar-refractivity contribution in [2.75, 3.05) is 25.5 Å². The Morgan fingerprint density at radius 1 is 1.08 bits per heavy atom. The summed E-state index contributed by atoms with van der Waals surface area (Å²) in [6, 6.07) is 15.0. The van der Waals surface area contributed by atoms with Gasteiger partial charge in [-0.2, -0.15) is 0 Å². The van der Waals surface area contributed by atoms with E-state index < -0.39 is 0 Å². The average molecular weight is 494 g/mol. The van der Waals surface area contributed by atoms with E-state index in [9.17, 15) is 14.4 Å². The van der Waals surface area contributed by atoms with Crippen LogP contribution in [0.15, 0.2) is 48.5 Å². The Morgan fingerprint density at radius 3 is 2.67 bits per heavy atom. The van der Waals surface area contributed by atoms with Gasteiger partial charge in [-0.3, -0.25) is 14.4 Å². The highest BCUT2D eigenvalue weighted by Gasteiger charge is 2.39. The highest BCUT2D eigenvalue weighted by Crippen LogP contribution is 2.32. The second-order valence-electron chi connectivity index (χ2n) is 9.47. The molecule has 1 fully saturated rings. The summed E-state index contributed by atoms with van der Waals surface area (Å²) in [5.41, 5.74) is 2.18. The third-order valence-electron chi connectivity index (χ3n) is 6.76. The van der Waals surface area contributed by atoms with E-state index in [4.69, 9.17) is 9.47 Å². The van der Waals surface area contributed by atoms with Gasteiger partial charge in [0.2, 0.25) is 11.8 Å². The number of amides is 3. The first-order valence-corrected chi connectivity index (χ1v) is 12.7. The first-order chi connectivity index (χ1) is 17.4. The highest BCUT2D eigenvalue weighted by atomic mass is 16.5. The maximum atomic E-state index is 13.3. The molecular weight excluding hydrogens is 458 g/mol. The van der Waals surface area contributed by atoms with Gasteiger partial charge in [0.15, 0.2) is 0 Å². The summed E-state index contributed by atoms with van der Waals surface area (Å²) >= 11 is 0. The normalized spacial score (nSPS) is 21.3. The molecule has 0 aliphatic carbocycles. The number of carbonyl (C=O) groups is 3. The lowest BCUT2D eigenvalue weighted by atomic mass is 9.94. The first-order valence-electron chi connectivity index (χ1n) is 12.7. The van der Waals surface area contributed by atoms with Gasteiger partial charge in [-0.1, -0.05) is 37.3 Å². The molecule has 192 valence electrons. The summed E-state index contributed by atoms with van der Waals surface area (Å²) in [6.07, 6.45) is 3.11. The van der Waals surface area contributed by atoms with Gasteiger partial charge in [-0.15, -0.1) is 0 Å². The summed E-state index contributed by atoms with van der Waals surface area (Å²) in [7, 11) is 1.78. The second kappa shape index (κ2) is 12.0. The van der Waals surface area contributed by atoms with Crippen LogP contribution in [0.25, 0.3) is 0 Å². The quantitative estimate of drug-likeness (QED) is 0.586. The molecule has 8 heteroatoms. The van der Waals surface area contributed by atoms with Crippen molar-refractivity contribution in [3.8, 4) is 5.75 Å². The Morgan fingerprint density at radius 2 is 1.89 bits per heavy atom. The minimum atomic E-state index is -0.327. The third-order valence-corrected chi connectivity index (χ3v) is 6.76. The van der Waals surface area contributed by atoms with Crippen LogP contribution >= 0.6 is 0 Å². The Kier molecular flexibility index (Phi) is 8.59. The van der Waals surface area contributed by atoms with Crippen LogP contribution in [-0.4, -0.2) is 61.1 Å². The molecule has 2 N–H and O–H groups in total. The van der Waals surface area contributed by atoms with Crippen LogP contribution in [-0.2, 0) is 20.7 Å². The van der Waals surface area contributed by atoms with Gasteiger partial charge in [0.05, 0.1) is 24.1 Å². The topological polar surface area (TPSA) is 97.0 Å². The molecule has 0 unspecified atom stereocenters. The van der Waals surface area contributed by atoms with E-state index in [1.807, 2.05) is 37.3 Å². The SMILES string of the molecule is CCCC(=O)Nc1ccc2c(c1)C(=O)N(C)[C@H]1CC[C@H](CC(=O)NCCc3ccccc3)O[C@@H]1CO2. The Hall–Kier alpha value is -3.39. The molecule has 0 saturated carbocycles. The number of rotatable bonds is 8. The van der Waals surface area contributed by atoms with Crippen LogP contribution in [0.5, 0.6) is 5.75 Å². The highest BCUT2D eigenvalue weighted by molar-refractivity contribution is 5.99. The van der Waals surface area contributed by atoms with E-state index in [1.54, 1.807) is 30.1 Å². The van der Waals surface area contributed by atoms with E-state index in [2.05, 4.69) is 10.6 Å². The van der Waals surface area contributed by atoms with Crippen LogP contribution in [0.2, 0.25) is 0 Å². The summed E-state index contributed by atoms with van der Waals surface area (Å²) in [6.45, 7) is 2.81. The zero-order chi connectivity index (χ0) is 25.5. The molecular formula is C28H35N3O5. The van der Waals surface area contributed by atoms with Gasteiger partial charge in [-0.25, -0.2) is 0 Å². The predicted octanol–water partition coefficient (Wildman–Crippen LogP) is 3.55. The Bertz CT molecular complexity index is 1070. The third kappa shape index (κ3) is 6.43. The van der Waals surface area contributed by atoms with Gasteiger partial charge in [-0.05, 0) is 49.4 Å². The number of anilines is 1. The molecule has 2 aromatic carbocycles. The van der Waals surface area contributed by atoms with Crippen molar-refractivity contribution in [2.24, 2.45) is 0 Å². The van der Waals surface area contributed by atoms with E-state index in [0.717, 1.165) is 19.3 Å². The van der Waals surface area contributed by atoms with Crippen molar-refractivity contribution < 1.29 is 23.9 Å². The molecule has 2 aromatic rings. The lowest BCUT2D eigenvalue weighted by molar-refractivity contribution is -0.134. The number of carbonyl (C=O) groups excluding carboxylic acids is 3. The number of likely N-dealkylation sites (N-methyl/N-ethyl adjacent to an activating group) is 1. The van der Waals surface area contributed by atoms with Gasteiger partial charge >= 0.3 is 0 Å². The van der Waals surface area contributed by atoms with E-state index >= 15 is 0 Å². The molecule has 2 aliphatic heterocycles. The van der Waals surface area contributed by atoms with E-state index in [-0.39, 0.29) is 49.0 Å². The van der Waals surface area contributed by atoms with E-state index in [0.29, 0.717) is 36.4 Å². The second-order valence-corrected chi connectivity index (χ2v) is 9.47. The molecule has 3 amide bonds. The first kappa shape index (κ1) is 25.7. The van der Waals surface area contributed by atoms with Crippen LogP contribution in [0.4, 0.5) is 5.69 Å². The van der Waals surface area contributed by atoms with Gasteiger partial charge in [0, 0.05) is 25.7 Å². The molecule has 4 rings (SSSR count). The van der Waals surface area contributed by atoms with Crippen molar-refractivity contribution in [1.82, 2.24) is 10.2 Å². The summed E-state index contributed by atoms with van der Waals surface area (Å²) in [5.74, 6) is 0.171. The number of hydrogen-bond donors (Lipinski definition) is 2. The molecule has 0 radical (unpaired) electrons. The van der Waals surface area contributed by atoms with Gasteiger partial charge < -0.3 is 25.0 Å². The molecule has 36 heavy (non-hydrogen) atoms. The molecule has 1 saturated heterocycles. The standard InChI is InChI=1S/C28H35N3O5/c1-3-7-26(32)30-20-10-13-24-22(16-20)28(34)31(2)23-12-11-21(36-25(23)18-35-24)17-27(33)29-15-14-19-8-5-4-6-9-19/h4-6,8-10,13,16,21,23,25H,3,7,11-12,14-15,17-18H2,1-2H3,(H,29,33)(H,30,32)/t21-,23+,25-/m1/s1. The van der Waals surface area contributed by atoms with Crippen molar-refractivity contribution in [3.63, 3.8) is 0 Å². The summed E-state index contributed by atoms with van der Waals surface area (Å²) in [5, 5.41) is 5.82. The fourth-order valence-corrected chi connectivity index (χ4v) is 4.83. The number of fused-ring (bicyclic) bond motifs is 2. The largest absolute Gasteiger partial charge is 0.490 e. The summed E-state index contributed by atoms with van der Waals surface area (Å²) < 4.78 is 12.3. The zero-order valence-electron chi connectivity index (χ0n) is 21.0. The molecule has 3 atom stereocenters. The maximum absolute atomic E-state index is 13.3. The molecule has 0 aromatic heterocycles. The number of nitrogens with one attached hydrogen (secondary N) is 2. The lowest BCUT2D eigenvalue weighted by Gasteiger charge is -2.42. The molecule has 0 bridgehead atoms. The molecule has 0 spiro atoms. The van der Waals surface area contributed by atoms with Crippen molar-refractivity contribution in [2.45, 2.75) is 63.7 Å². The fourth-order valence-electron chi connectivity index (χ4n) is 4.83. The smallest absolute Gasteiger partial charge is 0.257 e. The monoisotopic (exact) mass is 493 g/mol. The van der Waals surface area contributed by atoms with Gasteiger partial charge in [0.25, 0.3) is 5.91 Å². The van der Waals surface area contributed by atoms with E-state index in [1.165, 1.54) is 5.56 Å². The minimum Gasteiger partial charge on any atom is -0.490 e. The fraction of sp³-hybridized carbons (Fsp3) is 0.464. The zero-order valence-corrected chi connectivity index (χ0v) is 21.0. The van der Waals surface area contributed by atoms with Gasteiger partial charge in [0.1, 0.15) is 18.5 Å². The number of ether oxygens (including phenoxy) is 2. The van der Waals surface area contributed by atoms with Crippen LogP contribution in [0.1, 0.15) is 54.9 Å². The number of hydrogen-bond acceptors (Lipinski definition) is 5. The summed E-state index contributed by atoms with van der Waals surface area (Å²) in [4.78, 5) is 39.5. The average Bonchev–Trinajstić information content (AvgIpc) is 2.87. The predicted molar refractivity (Wildman–Crippen MR) is 137 cm³/mol.